The Bertz CT molecular complexity index is 1610. The molecule has 280 valence electrons. The number of nitrogens with one attached hydrogen (secondary N) is 1. The van der Waals surface area contributed by atoms with Gasteiger partial charge in [-0.25, -0.2) is 0 Å². The van der Waals surface area contributed by atoms with Crippen molar-refractivity contribution >= 4 is 17.8 Å². The first-order valence-electron chi connectivity index (χ1n) is 20.3. The lowest BCUT2D eigenvalue weighted by molar-refractivity contribution is -0.249. The first-order chi connectivity index (χ1) is 23.8. The number of aliphatic carboxylic acids is 1. The molecule has 0 saturated heterocycles. The number of esters is 1. The molecule has 11 atom stereocenters. The maximum atomic E-state index is 14.8. The van der Waals surface area contributed by atoms with E-state index in [9.17, 15) is 19.5 Å². The summed E-state index contributed by atoms with van der Waals surface area (Å²) in [6.45, 7) is 22.4. The van der Waals surface area contributed by atoms with Crippen LogP contribution in [0.15, 0.2) is 36.4 Å². The van der Waals surface area contributed by atoms with Gasteiger partial charge in [-0.05, 0) is 155 Å². The van der Waals surface area contributed by atoms with Crippen molar-refractivity contribution in [2.45, 2.75) is 151 Å². The Kier molecular flexibility index (Phi) is 8.78. The zero-order valence-corrected chi connectivity index (χ0v) is 32.8. The molecule has 5 saturated carbocycles. The van der Waals surface area contributed by atoms with Gasteiger partial charge in [0, 0.05) is 5.41 Å². The van der Waals surface area contributed by atoms with E-state index in [1.165, 1.54) is 23.1 Å². The molecule has 6 aliphatic rings. The lowest BCUT2D eigenvalue weighted by Crippen LogP contribution is -2.67. The summed E-state index contributed by atoms with van der Waals surface area (Å²) in [6.07, 6.45) is 12.3. The molecular formula is C45H65NO5. The first-order valence-corrected chi connectivity index (χ1v) is 20.3. The van der Waals surface area contributed by atoms with Gasteiger partial charge in [-0.3, -0.25) is 14.4 Å². The minimum absolute atomic E-state index is 0.114. The van der Waals surface area contributed by atoms with Crippen LogP contribution in [-0.2, 0) is 25.5 Å². The van der Waals surface area contributed by atoms with Crippen LogP contribution in [0.5, 0.6) is 0 Å². The van der Waals surface area contributed by atoms with Crippen molar-refractivity contribution in [1.82, 2.24) is 5.32 Å². The fraction of sp³-hybridized carbons (Fsp3) is 0.756. The number of ether oxygens (including phenoxy) is 1. The van der Waals surface area contributed by atoms with E-state index >= 15 is 0 Å². The van der Waals surface area contributed by atoms with Gasteiger partial charge < -0.3 is 15.2 Å². The normalized spacial score (nSPS) is 42.3. The molecule has 0 radical (unpaired) electrons. The largest absolute Gasteiger partial charge is 0.481 e. The van der Waals surface area contributed by atoms with Crippen LogP contribution in [0, 0.1) is 62.1 Å². The predicted octanol–water partition coefficient (Wildman–Crippen LogP) is 9.86. The molecule has 1 aromatic rings. The second-order valence-corrected chi connectivity index (χ2v) is 20.3. The Balaban J connectivity index is 1.14. The summed E-state index contributed by atoms with van der Waals surface area (Å²) in [4.78, 5) is 39.6. The lowest BCUT2D eigenvalue weighted by atomic mass is 9.32. The van der Waals surface area contributed by atoms with Crippen molar-refractivity contribution in [3.63, 3.8) is 0 Å². The smallest absolute Gasteiger partial charge is 0.309 e. The van der Waals surface area contributed by atoms with Gasteiger partial charge in [0.15, 0.2) is 0 Å². The van der Waals surface area contributed by atoms with Crippen molar-refractivity contribution in [2.75, 3.05) is 0 Å². The average molecular weight is 700 g/mol. The summed E-state index contributed by atoms with van der Waals surface area (Å²) in [6, 6.07) is 8.78. The van der Waals surface area contributed by atoms with Gasteiger partial charge >= 0.3 is 11.9 Å². The number of aryl methyl sites for hydroxylation is 1. The number of amides is 1. The average Bonchev–Trinajstić information content (AvgIpc) is 3.65. The molecule has 1 amide bonds. The number of carboxylic acids is 1. The summed E-state index contributed by atoms with van der Waals surface area (Å²) < 4.78 is 6.19. The number of carbonyl (C=O) groups excluding carboxylic acids is 2. The summed E-state index contributed by atoms with van der Waals surface area (Å²) in [7, 11) is 0. The van der Waals surface area contributed by atoms with E-state index in [0.29, 0.717) is 35.5 Å². The van der Waals surface area contributed by atoms with Crippen LogP contribution in [-0.4, -0.2) is 29.1 Å². The van der Waals surface area contributed by atoms with E-state index < -0.39 is 17.4 Å². The molecule has 0 bridgehead atoms. The highest BCUT2D eigenvalue weighted by Gasteiger charge is 2.72. The highest BCUT2D eigenvalue weighted by Crippen LogP contribution is 2.77. The third-order valence-electron chi connectivity index (χ3n) is 17.3. The SMILES string of the molecule is C=C(C)[C@@H]1CC[C@]2(C(=O)N[C@H]3CCc4ccccc43)CC[C@]3(C)[C@H](CC[C@@H]4[C@@]5(C)CC[C@H](OC(=O)CC(C)(C)C(=O)O)C(C)(C)[C@@H]5CC[C@]43C)[C@@H]12. The van der Waals surface area contributed by atoms with Crippen LogP contribution < -0.4 is 5.32 Å². The van der Waals surface area contributed by atoms with Crippen LogP contribution in [0.25, 0.3) is 0 Å². The molecule has 6 heteroatoms. The second kappa shape index (κ2) is 12.2. The topological polar surface area (TPSA) is 92.7 Å². The number of fused-ring (bicyclic) bond motifs is 8. The van der Waals surface area contributed by atoms with Gasteiger partial charge in [-0.15, -0.1) is 0 Å². The highest BCUT2D eigenvalue weighted by atomic mass is 16.5. The van der Waals surface area contributed by atoms with E-state index in [1.807, 2.05) is 0 Å². The van der Waals surface area contributed by atoms with E-state index in [2.05, 4.69) is 77.7 Å². The van der Waals surface area contributed by atoms with Gasteiger partial charge in [0.1, 0.15) is 6.10 Å². The van der Waals surface area contributed by atoms with Crippen LogP contribution in [0.1, 0.15) is 150 Å². The monoisotopic (exact) mass is 699 g/mol. The molecule has 51 heavy (non-hydrogen) atoms. The fourth-order valence-corrected chi connectivity index (χ4v) is 14.4. The zero-order valence-electron chi connectivity index (χ0n) is 32.8. The molecule has 0 aromatic heterocycles. The summed E-state index contributed by atoms with van der Waals surface area (Å²) >= 11 is 0. The Morgan fingerprint density at radius 2 is 1.61 bits per heavy atom. The molecular weight excluding hydrogens is 634 g/mol. The number of hydrogen-bond acceptors (Lipinski definition) is 4. The minimum Gasteiger partial charge on any atom is -0.481 e. The van der Waals surface area contributed by atoms with E-state index in [4.69, 9.17) is 4.74 Å². The number of allylic oxidation sites excluding steroid dienone is 1. The summed E-state index contributed by atoms with van der Waals surface area (Å²) in [5, 5.41) is 13.3. The summed E-state index contributed by atoms with van der Waals surface area (Å²) in [5.74, 6) is 1.12. The summed E-state index contributed by atoms with van der Waals surface area (Å²) in [5.41, 5.74) is 2.68. The lowest BCUT2D eigenvalue weighted by Gasteiger charge is -2.72. The molecule has 6 aliphatic carbocycles. The highest BCUT2D eigenvalue weighted by molar-refractivity contribution is 5.84. The van der Waals surface area contributed by atoms with Crippen molar-refractivity contribution in [2.24, 2.45) is 62.1 Å². The standard InChI is InChI=1S/C45H65NO5/c1-27(2)29-18-23-45(38(48)46-32-16-14-28-12-10-11-13-30(28)32)25-24-43(8)31(37(29)45)15-17-34-42(7)21-20-35(51-36(47)26-40(3,4)39(49)50)41(5,6)33(42)19-22-44(34,43)9/h10-13,29,31-35,37H,1,14-26H2,2-9H3,(H,46,48)(H,49,50)/t29-,31+,32-,33-,34+,35-,37+,42-,43+,44+,45-/m0/s1. The Morgan fingerprint density at radius 1 is 0.882 bits per heavy atom. The molecule has 0 unspecified atom stereocenters. The number of hydrogen-bond donors (Lipinski definition) is 2. The molecule has 0 aliphatic heterocycles. The molecule has 6 nitrogen and oxygen atoms in total. The van der Waals surface area contributed by atoms with Crippen molar-refractivity contribution in [3.8, 4) is 0 Å². The van der Waals surface area contributed by atoms with Crippen LogP contribution in [0.2, 0.25) is 0 Å². The molecule has 0 spiro atoms. The Labute approximate surface area is 307 Å². The van der Waals surface area contributed by atoms with Crippen LogP contribution in [0.4, 0.5) is 0 Å². The second-order valence-electron chi connectivity index (χ2n) is 20.3. The van der Waals surface area contributed by atoms with Crippen LogP contribution in [0.3, 0.4) is 0 Å². The molecule has 7 rings (SSSR count). The van der Waals surface area contributed by atoms with Gasteiger partial charge in [0.05, 0.1) is 23.3 Å². The molecule has 5 fully saturated rings. The number of rotatable bonds is 7. The third-order valence-corrected chi connectivity index (χ3v) is 17.3. The first kappa shape index (κ1) is 36.7. The predicted molar refractivity (Wildman–Crippen MR) is 201 cm³/mol. The Morgan fingerprint density at radius 3 is 2.31 bits per heavy atom. The maximum absolute atomic E-state index is 14.8. The van der Waals surface area contributed by atoms with Crippen molar-refractivity contribution in [1.29, 1.82) is 0 Å². The van der Waals surface area contributed by atoms with Crippen molar-refractivity contribution < 1.29 is 24.2 Å². The van der Waals surface area contributed by atoms with Gasteiger partial charge in [0.2, 0.25) is 5.91 Å². The van der Waals surface area contributed by atoms with E-state index in [1.54, 1.807) is 13.8 Å². The van der Waals surface area contributed by atoms with E-state index in [-0.39, 0.29) is 45.6 Å². The van der Waals surface area contributed by atoms with Gasteiger partial charge in [-0.1, -0.05) is 71.0 Å². The third kappa shape index (κ3) is 5.32. The van der Waals surface area contributed by atoms with Crippen LogP contribution >= 0.6 is 0 Å². The molecule has 0 heterocycles. The fourth-order valence-electron chi connectivity index (χ4n) is 14.4. The van der Waals surface area contributed by atoms with Crippen molar-refractivity contribution in [3.05, 3.63) is 47.5 Å². The van der Waals surface area contributed by atoms with Gasteiger partial charge in [-0.2, -0.15) is 0 Å². The maximum Gasteiger partial charge on any atom is 0.309 e. The number of benzene rings is 1. The van der Waals surface area contributed by atoms with E-state index in [0.717, 1.165) is 70.6 Å². The Hall–Kier alpha value is -2.63. The minimum atomic E-state index is -1.15. The number of carbonyl (C=O) groups is 3. The molecule has 2 N–H and O–H groups in total. The molecule has 1 aromatic carbocycles. The quantitative estimate of drug-likeness (QED) is 0.218. The number of carboxylic acid groups (broad SMARTS) is 1. The van der Waals surface area contributed by atoms with Gasteiger partial charge in [0.25, 0.3) is 0 Å². The zero-order chi connectivity index (χ0) is 36.9.